The molecule has 5 N–H and O–H groups in total. The molecule has 19 heavy (non-hydrogen) atoms. The Kier molecular flexibility index (Phi) is 5.29. The van der Waals surface area contributed by atoms with Crippen LogP contribution in [0.4, 0.5) is 5.82 Å². The van der Waals surface area contributed by atoms with Crippen molar-refractivity contribution in [2.75, 3.05) is 18.8 Å². The summed E-state index contributed by atoms with van der Waals surface area (Å²) in [6, 6.07) is 1.90. The summed E-state index contributed by atoms with van der Waals surface area (Å²) in [6.45, 7) is 12.6. The van der Waals surface area contributed by atoms with E-state index in [1.54, 1.807) is 6.20 Å². The topological polar surface area (TPSA) is 80.2 Å². The Labute approximate surface area is 116 Å². The third kappa shape index (κ3) is 3.05. The molecular formula is C14H27N5. The molecule has 108 valence electrons. The molecule has 5 heteroatoms. The number of pyridine rings is 1. The van der Waals surface area contributed by atoms with E-state index in [-0.39, 0.29) is 11.6 Å². The predicted octanol–water partition coefficient (Wildman–Crippen LogP) is 1.60. The Morgan fingerprint density at radius 3 is 2.37 bits per heavy atom. The lowest BCUT2D eigenvalue weighted by atomic mass is 9.85. The number of hydrazine groups is 1. The van der Waals surface area contributed by atoms with E-state index < -0.39 is 0 Å². The number of rotatable bonds is 6. The third-order valence-corrected chi connectivity index (χ3v) is 3.98. The maximum Gasteiger partial charge on any atom is 0.128 e. The molecule has 0 fully saturated rings. The number of aryl methyl sites for hydroxylation is 1. The van der Waals surface area contributed by atoms with Crippen LogP contribution in [0.15, 0.2) is 12.3 Å². The molecule has 5 nitrogen and oxygen atoms in total. The Morgan fingerprint density at radius 1 is 1.37 bits per heavy atom. The van der Waals surface area contributed by atoms with Gasteiger partial charge in [-0.3, -0.25) is 16.2 Å². The molecule has 1 heterocycles. The van der Waals surface area contributed by atoms with E-state index in [0.717, 1.165) is 24.2 Å². The summed E-state index contributed by atoms with van der Waals surface area (Å²) in [5.74, 6) is 6.36. The molecule has 0 aliphatic heterocycles. The molecule has 1 rings (SSSR count). The monoisotopic (exact) mass is 265 g/mol. The molecule has 0 radical (unpaired) electrons. The second-order valence-electron chi connectivity index (χ2n) is 5.35. The van der Waals surface area contributed by atoms with E-state index in [4.69, 9.17) is 11.6 Å². The summed E-state index contributed by atoms with van der Waals surface area (Å²) >= 11 is 0. The van der Waals surface area contributed by atoms with E-state index in [1.807, 2.05) is 13.0 Å². The standard InChI is InChI=1S/C14H27N5/c1-6-19(7-2)14(4,5)12(18-16)11-10(3)8-9-17-13(11)15/h8-9,12,18H,6-7,16H2,1-5H3,(H2,15,17). The minimum atomic E-state index is -0.153. The molecule has 0 aromatic carbocycles. The second kappa shape index (κ2) is 6.32. The lowest BCUT2D eigenvalue weighted by Crippen LogP contribution is -2.54. The van der Waals surface area contributed by atoms with Gasteiger partial charge in [0.2, 0.25) is 0 Å². The number of hydrogen-bond donors (Lipinski definition) is 3. The largest absolute Gasteiger partial charge is 0.383 e. The first-order chi connectivity index (χ1) is 8.89. The molecule has 0 aliphatic rings. The summed E-state index contributed by atoms with van der Waals surface area (Å²) in [7, 11) is 0. The van der Waals surface area contributed by atoms with Gasteiger partial charge in [0, 0.05) is 17.3 Å². The zero-order valence-electron chi connectivity index (χ0n) is 12.7. The third-order valence-electron chi connectivity index (χ3n) is 3.98. The fourth-order valence-electron chi connectivity index (χ4n) is 2.83. The fraction of sp³-hybridized carbons (Fsp3) is 0.643. The minimum absolute atomic E-state index is 0.0684. The molecule has 0 saturated heterocycles. The Balaban J connectivity index is 3.27. The van der Waals surface area contributed by atoms with Crippen molar-refractivity contribution in [3.05, 3.63) is 23.4 Å². The van der Waals surface area contributed by atoms with Crippen LogP contribution in [0.5, 0.6) is 0 Å². The number of aromatic nitrogens is 1. The van der Waals surface area contributed by atoms with E-state index in [2.05, 4.69) is 43.0 Å². The van der Waals surface area contributed by atoms with Gasteiger partial charge < -0.3 is 5.73 Å². The van der Waals surface area contributed by atoms with Gasteiger partial charge in [0.15, 0.2) is 0 Å². The number of nitrogens with zero attached hydrogens (tertiary/aromatic N) is 2. The molecule has 0 spiro atoms. The van der Waals surface area contributed by atoms with Gasteiger partial charge in [-0.15, -0.1) is 0 Å². The van der Waals surface area contributed by atoms with Gasteiger partial charge in [0.05, 0.1) is 6.04 Å². The van der Waals surface area contributed by atoms with Crippen LogP contribution < -0.4 is 17.0 Å². The molecule has 0 saturated carbocycles. The quantitative estimate of drug-likeness (QED) is 0.538. The summed E-state index contributed by atoms with van der Waals surface area (Å²) in [4.78, 5) is 6.56. The van der Waals surface area contributed by atoms with Crippen molar-refractivity contribution < 1.29 is 0 Å². The van der Waals surface area contributed by atoms with Gasteiger partial charge in [0.25, 0.3) is 0 Å². The second-order valence-corrected chi connectivity index (χ2v) is 5.35. The van der Waals surface area contributed by atoms with Crippen LogP contribution >= 0.6 is 0 Å². The van der Waals surface area contributed by atoms with Crippen molar-refractivity contribution >= 4 is 5.82 Å². The zero-order valence-corrected chi connectivity index (χ0v) is 12.7. The highest BCUT2D eigenvalue weighted by atomic mass is 15.3. The molecule has 1 aromatic heterocycles. The van der Waals surface area contributed by atoms with Crippen LogP contribution in [0.2, 0.25) is 0 Å². The number of likely N-dealkylation sites (N-methyl/N-ethyl adjacent to an activating group) is 1. The normalized spacial score (nSPS) is 13.8. The Morgan fingerprint density at radius 2 is 1.95 bits per heavy atom. The fourth-order valence-corrected chi connectivity index (χ4v) is 2.83. The Bertz CT molecular complexity index is 392. The summed E-state index contributed by atoms with van der Waals surface area (Å²) < 4.78 is 0. The van der Waals surface area contributed by atoms with Crippen LogP contribution in [0.3, 0.4) is 0 Å². The van der Waals surface area contributed by atoms with Crippen LogP contribution in [0, 0.1) is 6.92 Å². The Hall–Kier alpha value is -1.17. The van der Waals surface area contributed by atoms with Crippen molar-refractivity contribution in [2.45, 2.75) is 46.2 Å². The lowest BCUT2D eigenvalue weighted by molar-refractivity contribution is 0.0911. The molecule has 1 atom stereocenters. The smallest absolute Gasteiger partial charge is 0.128 e. The summed E-state index contributed by atoms with van der Waals surface area (Å²) in [5.41, 5.74) is 10.9. The van der Waals surface area contributed by atoms with Crippen molar-refractivity contribution in [1.29, 1.82) is 0 Å². The molecule has 0 bridgehead atoms. The van der Waals surface area contributed by atoms with E-state index in [1.165, 1.54) is 0 Å². The average Bonchev–Trinajstić information content (AvgIpc) is 2.34. The van der Waals surface area contributed by atoms with Crippen molar-refractivity contribution in [1.82, 2.24) is 15.3 Å². The molecule has 0 amide bonds. The van der Waals surface area contributed by atoms with Crippen molar-refractivity contribution in [2.24, 2.45) is 5.84 Å². The number of anilines is 1. The summed E-state index contributed by atoms with van der Waals surface area (Å²) in [6.07, 6.45) is 1.73. The highest BCUT2D eigenvalue weighted by molar-refractivity contribution is 5.47. The van der Waals surface area contributed by atoms with Gasteiger partial charge >= 0.3 is 0 Å². The maximum absolute atomic E-state index is 6.05. The van der Waals surface area contributed by atoms with E-state index in [9.17, 15) is 0 Å². The van der Waals surface area contributed by atoms with Crippen LogP contribution in [0.1, 0.15) is 44.9 Å². The SMILES string of the molecule is CCN(CC)C(C)(C)C(NN)c1c(C)ccnc1N. The van der Waals surface area contributed by atoms with Gasteiger partial charge in [-0.25, -0.2) is 4.98 Å². The van der Waals surface area contributed by atoms with Gasteiger partial charge in [-0.1, -0.05) is 13.8 Å². The van der Waals surface area contributed by atoms with Gasteiger partial charge in [0.1, 0.15) is 5.82 Å². The average molecular weight is 265 g/mol. The number of nitrogens with one attached hydrogen (secondary N) is 1. The van der Waals surface area contributed by atoms with Crippen LogP contribution in [-0.2, 0) is 0 Å². The number of nitrogens with two attached hydrogens (primary N) is 2. The molecule has 1 aromatic rings. The molecular weight excluding hydrogens is 238 g/mol. The van der Waals surface area contributed by atoms with Crippen LogP contribution in [0.25, 0.3) is 0 Å². The molecule has 0 aliphatic carbocycles. The first-order valence-corrected chi connectivity index (χ1v) is 6.82. The van der Waals surface area contributed by atoms with E-state index in [0.29, 0.717) is 5.82 Å². The maximum atomic E-state index is 6.05. The first kappa shape index (κ1) is 15.9. The van der Waals surface area contributed by atoms with Gasteiger partial charge in [-0.05, 0) is 45.5 Å². The number of nitrogen functional groups attached to an aromatic ring is 1. The molecule has 1 unspecified atom stereocenters. The van der Waals surface area contributed by atoms with E-state index >= 15 is 0 Å². The number of hydrogen-bond acceptors (Lipinski definition) is 5. The van der Waals surface area contributed by atoms with Crippen molar-refractivity contribution in [3.8, 4) is 0 Å². The summed E-state index contributed by atoms with van der Waals surface area (Å²) in [5, 5.41) is 0. The zero-order chi connectivity index (χ0) is 14.6. The van der Waals surface area contributed by atoms with Crippen LogP contribution in [-0.4, -0.2) is 28.5 Å². The van der Waals surface area contributed by atoms with Gasteiger partial charge in [-0.2, -0.15) is 0 Å². The predicted molar refractivity (Wildman–Crippen MR) is 80.5 cm³/mol. The minimum Gasteiger partial charge on any atom is -0.383 e. The first-order valence-electron chi connectivity index (χ1n) is 6.82. The highest BCUT2D eigenvalue weighted by Crippen LogP contribution is 2.34. The highest BCUT2D eigenvalue weighted by Gasteiger charge is 2.36. The lowest BCUT2D eigenvalue weighted by Gasteiger charge is -2.43. The van der Waals surface area contributed by atoms with Crippen molar-refractivity contribution in [3.63, 3.8) is 0 Å².